The lowest BCUT2D eigenvalue weighted by Crippen LogP contribution is -2.36. The number of hydrogen-bond donors (Lipinski definition) is 0. The van der Waals surface area contributed by atoms with E-state index in [0.717, 1.165) is 45.5 Å². The van der Waals surface area contributed by atoms with Gasteiger partial charge in [-0.15, -0.1) is 0 Å². The zero-order valence-corrected chi connectivity index (χ0v) is 78.3. The zero-order valence-electron chi connectivity index (χ0n) is 78.3. The van der Waals surface area contributed by atoms with Crippen molar-refractivity contribution in [3.05, 3.63) is 576 Å². The first-order valence-corrected chi connectivity index (χ1v) is 49.0. The van der Waals surface area contributed by atoms with Gasteiger partial charge in [0, 0.05) is 56.1 Å². The first-order chi connectivity index (χ1) is 69.0. The van der Waals surface area contributed by atoms with Gasteiger partial charge in [-0.25, -0.2) is 0 Å². The van der Waals surface area contributed by atoms with Crippen molar-refractivity contribution in [1.29, 1.82) is 0 Å². The summed E-state index contributed by atoms with van der Waals surface area (Å²) >= 11 is 0. The molecule has 4 nitrogen and oxygen atoms in total. The molecule has 0 radical (unpaired) electrons. The number of anilines is 12. The molecule has 0 amide bonds. The number of fused-ring (bicyclic) bond motifs is 26. The quantitative estimate of drug-likeness (QED) is 0.121. The molecule has 28 rings (SSSR count). The van der Waals surface area contributed by atoms with Crippen molar-refractivity contribution < 1.29 is 0 Å². The molecule has 0 bridgehead atoms. The average Bonchev–Trinajstić information content (AvgIpc) is 1.50. The topological polar surface area (TPSA) is 13.0 Å². The van der Waals surface area contributed by atoms with Crippen molar-refractivity contribution >= 4 is 89.8 Å². The van der Waals surface area contributed by atoms with Crippen LogP contribution in [0, 0.1) is 0 Å². The molecule has 4 aliphatic carbocycles. The normalized spacial score (nSPS) is 14.1. The number of nitrogens with zero attached hydrogens (tertiary/aromatic N) is 4. The van der Waals surface area contributed by atoms with Crippen molar-refractivity contribution in [2.24, 2.45) is 0 Å². The first kappa shape index (κ1) is 82.1. The van der Waals surface area contributed by atoms with Crippen LogP contribution in [-0.2, 0) is 21.7 Å². The Morgan fingerprint density at radius 3 is 0.900 bits per heavy atom. The van der Waals surface area contributed by atoms with E-state index in [0.29, 0.717) is 0 Å². The summed E-state index contributed by atoms with van der Waals surface area (Å²) < 4.78 is 0. The molecule has 22 aromatic carbocycles. The van der Waals surface area contributed by atoms with Crippen molar-refractivity contribution in [2.45, 2.75) is 49.4 Å². The van der Waals surface area contributed by atoms with E-state index in [2.05, 4.69) is 557 Å². The van der Waals surface area contributed by atoms with E-state index in [1.165, 1.54) is 200 Å². The van der Waals surface area contributed by atoms with Crippen LogP contribution in [0.2, 0.25) is 0 Å². The van der Waals surface area contributed by atoms with Crippen LogP contribution in [0.3, 0.4) is 0 Å². The van der Waals surface area contributed by atoms with Gasteiger partial charge in [-0.2, -0.15) is 0 Å². The van der Waals surface area contributed by atoms with Crippen LogP contribution < -0.4 is 19.6 Å². The van der Waals surface area contributed by atoms with Gasteiger partial charge < -0.3 is 19.6 Å². The van der Waals surface area contributed by atoms with Crippen LogP contribution >= 0.6 is 0 Å². The van der Waals surface area contributed by atoms with Crippen molar-refractivity contribution in [2.75, 3.05) is 19.6 Å². The third kappa shape index (κ3) is 12.3. The fourth-order valence-electron chi connectivity index (χ4n) is 25.0. The van der Waals surface area contributed by atoms with Gasteiger partial charge in [-0.1, -0.05) is 422 Å². The van der Waals surface area contributed by atoms with Gasteiger partial charge >= 0.3 is 0 Å². The second-order valence-corrected chi connectivity index (χ2v) is 39.2. The van der Waals surface area contributed by atoms with Gasteiger partial charge in [0.25, 0.3) is 0 Å². The molecule has 0 unspecified atom stereocenters. The third-order valence-electron chi connectivity index (χ3n) is 31.3. The van der Waals surface area contributed by atoms with Gasteiger partial charge in [0.1, 0.15) is 0 Å². The lowest BCUT2D eigenvalue weighted by atomic mass is 9.64. The van der Waals surface area contributed by atoms with Crippen molar-refractivity contribution in [1.82, 2.24) is 0 Å². The molecule has 2 heterocycles. The maximum absolute atomic E-state index is 2.53. The Bertz CT molecular complexity index is 8640. The SMILES string of the molecule is CC1(C)c2ccccc2-c2ccc(N(c3ccc(-c4ccc(-c5ccc6ccccc6c5)cc4)cc3)c3cccc4c3-c3ccccc3C43c4ccccc4N(c4ccccc4)c4ccccc43)cc21.CC1(C)c2ccccc2-c2ccc(N(c3ccc(-c4ccc(-c5cccc6ccccc56)cc4)cc3)c3cccc4c3-c3ccccc3C43c4ccccc4N(c4ccccc4)c4ccccc43)cc21. The molecular weight excluding hydrogens is 1690 g/mol. The molecule has 660 valence electrons. The number of benzene rings is 22. The minimum atomic E-state index is -0.574. The first-order valence-electron chi connectivity index (χ1n) is 49.0. The Morgan fingerprint density at radius 1 is 0.171 bits per heavy atom. The second-order valence-electron chi connectivity index (χ2n) is 39.2. The van der Waals surface area contributed by atoms with E-state index in [9.17, 15) is 0 Å². The predicted octanol–water partition coefficient (Wildman–Crippen LogP) is 36.2. The minimum absolute atomic E-state index is 0.161. The van der Waals surface area contributed by atoms with E-state index in [-0.39, 0.29) is 10.8 Å². The van der Waals surface area contributed by atoms with E-state index < -0.39 is 10.8 Å². The van der Waals surface area contributed by atoms with Crippen LogP contribution in [-0.4, -0.2) is 0 Å². The maximum atomic E-state index is 2.53. The summed E-state index contributed by atoms with van der Waals surface area (Å²) in [4.78, 5) is 9.96. The average molecular weight is 1790 g/mol. The Balaban J connectivity index is 0.000000141. The standard InChI is InChI=1S/2C68H48N2/c1-67(2)57-26-10-8-23-54(57)55-43-42-51(44-62(55)67)69(50-40-38-46(39-41-50)45-34-36-48(37-35-45)53-25-16-19-47-18-6-7-22-52(47)53)65-33-17-30-61-66(65)56-24-9-11-27-58(56)68(61)59-28-12-14-31-63(59)70(49-20-4-3-5-21-49)64-32-15-13-29-60(64)68;1-67(2)57-23-10-8-21-54(57)55-42-41-53(44-62(55)67)69(52-39-37-47(38-40-52)46-31-33-48(34-32-46)50-36-35-45-17-6-7-18-49(45)43-50)65-30-16-27-61-66(65)56-22-9-11-24-58(56)68(61)59-25-12-14-28-63(59)70(51-19-4-3-5-20-51)64-29-15-13-26-60(64)68/h2*3-44H,1-2H3. The number of rotatable bonds is 12. The highest BCUT2D eigenvalue weighted by atomic mass is 15.2. The molecule has 0 saturated carbocycles. The molecule has 6 aliphatic rings. The highest BCUT2D eigenvalue weighted by Gasteiger charge is 2.55. The lowest BCUT2D eigenvalue weighted by Gasteiger charge is -2.45. The Morgan fingerprint density at radius 2 is 0.464 bits per heavy atom. The fourth-order valence-corrected chi connectivity index (χ4v) is 25.0. The predicted molar refractivity (Wildman–Crippen MR) is 585 cm³/mol. The summed E-state index contributed by atoms with van der Waals surface area (Å²) in [6, 6.07) is 190. The van der Waals surface area contributed by atoms with E-state index in [4.69, 9.17) is 0 Å². The summed E-state index contributed by atoms with van der Waals surface area (Å²) in [5.41, 5.74) is 48.1. The van der Waals surface area contributed by atoms with Gasteiger partial charge in [-0.05, 0) is 281 Å². The van der Waals surface area contributed by atoms with Crippen LogP contribution in [0.15, 0.2) is 510 Å². The van der Waals surface area contributed by atoms with Gasteiger partial charge in [0.05, 0.1) is 45.0 Å². The van der Waals surface area contributed by atoms with Crippen molar-refractivity contribution in [3.63, 3.8) is 0 Å². The van der Waals surface area contributed by atoms with E-state index >= 15 is 0 Å². The van der Waals surface area contributed by atoms with E-state index in [1.807, 2.05) is 0 Å². The Kier molecular flexibility index (Phi) is 18.8. The fraction of sp³-hybridized carbons (Fsp3) is 0.0588. The minimum Gasteiger partial charge on any atom is -0.310 e. The number of hydrogen-bond acceptors (Lipinski definition) is 4. The number of para-hydroxylation sites is 6. The summed E-state index contributed by atoms with van der Waals surface area (Å²) in [5.74, 6) is 0. The molecule has 0 saturated heterocycles. The lowest BCUT2D eigenvalue weighted by molar-refractivity contribution is 0.660. The molecule has 0 atom stereocenters. The van der Waals surface area contributed by atoms with E-state index in [1.54, 1.807) is 0 Å². The van der Waals surface area contributed by atoms with Crippen LogP contribution in [0.1, 0.15) is 94.5 Å². The summed E-state index contributed by atoms with van der Waals surface area (Å²) in [5, 5.41) is 5.04. The highest BCUT2D eigenvalue weighted by molar-refractivity contribution is 6.06. The third-order valence-corrected chi connectivity index (χ3v) is 31.3. The van der Waals surface area contributed by atoms with Crippen LogP contribution in [0.25, 0.3) is 111 Å². The van der Waals surface area contributed by atoms with Gasteiger partial charge in [-0.3, -0.25) is 0 Å². The highest BCUT2D eigenvalue weighted by Crippen LogP contribution is 2.69. The molecule has 2 spiro atoms. The molecule has 140 heavy (non-hydrogen) atoms. The largest absolute Gasteiger partial charge is 0.310 e. The van der Waals surface area contributed by atoms with Crippen LogP contribution in [0.4, 0.5) is 68.2 Å². The molecule has 2 aliphatic heterocycles. The molecule has 0 N–H and O–H groups in total. The molecule has 0 fully saturated rings. The smallest absolute Gasteiger partial charge is 0.0755 e. The van der Waals surface area contributed by atoms with Gasteiger partial charge in [0.2, 0.25) is 0 Å². The molecule has 4 heteroatoms. The maximum Gasteiger partial charge on any atom is 0.0755 e. The molecule has 22 aromatic rings. The second kappa shape index (κ2) is 32.1. The monoisotopic (exact) mass is 1780 g/mol. The Labute approximate surface area is 818 Å². The molecular formula is C136H96N4. The Hall–Kier alpha value is -17.4. The van der Waals surface area contributed by atoms with Crippen molar-refractivity contribution in [3.8, 4) is 89.0 Å². The summed E-state index contributed by atoms with van der Waals surface area (Å²) in [7, 11) is 0. The summed E-state index contributed by atoms with van der Waals surface area (Å²) in [6.45, 7) is 9.51. The van der Waals surface area contributed by atoms with Crippen LogP contribution in [0.5, 0.6) is 0 Å². The molecule has 0 aromatic heterocycles. The van der Waals surface area contributed by atoms with Gasteiger partial charge in [0.15, 0.2) is 0 Å². The zero-order chi connectivity index (χ0) is 93.1. The summed E-state index contributed by atoms with van der Waals surface area (Å²) in [6.07, 6.45) is 0.